The summed E-state index contributed by atoms with van der Waals surface area (Å²) < 4.78 is 11.4. The number of carbonyl (C=O) groups excluding carboxylic acids is 1. The molecule has 188 valence electrons. The standard InChI is InChI=1S/C27H34N2O6/c1-2-34-27(32)22(13-12-18-8-4-3-5-9-18)28-25-17-35-24-15-20-11-7-6-10-19(20)14-21(24)23(29(25)33)16-26(30)31/h3-5,8-9,14-15,22-23,25,28-29H,2,6-7,10-13,16-17H2,1H3,(H,30,31)/t22?,23?,25-/m0/s1. The molecule has 0 bridgehead atoms. The van der Waals surface area contributed by atoms with Gasteiger partial charge in [-0.15, -0.1) is 0 Å². The number of carbonyl (C=O) groups is 2. The smallest absolute Gasteiger partial charge is 0.323 e. The van der Waals surface area contributed by atoms with Crippen LogP contribution in [0.15, 0.2) is 42.5 Å². The third kappa shape index (κ3) is 6.20. The van der Waals surface area contributed by atoms with Gasteiger partial charge in [-0.25, -0.2) is 0 Å². The molecule has 1 aliphatic heterocycles. The van der Waals surface area contributed by atoms with Gasteiger partial charge >= 0.3 is 11.9 Å². The van der Waals surface area contributed by atoms with Crippen LogP contribution in [0.4, 0.5) is 0 Å². The van der Waals surface area contributed by atoms with Gasteiger partial charge in [0.25, 0.3) is 0 Å². The second kappa shape index (κ2) is 11.7. The minimum atomic E-state index is -1.04. The molecule has 0 radical (unpaired) electrons. The predicted octanol–water partition coefficient (Wildman–Crippen LogP) is 2.34. The summed E-state index contributed by atoms with van der Waals surface area (Å²) in [5.41, 5.74) is 4.09. The Labute approximate surface area is 205 Å². The van der Waals surface area contributed by atoms with E-state index in [2.05, 4.69) is 5.32 Å². The van der Waals surface area contributed by atoms with Crippen molar-refractivity contribution in [1.29, 1.82) is 0 Å². The van der Waals surface area contributed by atoms with E-state index >= 15 is 0 Å². The van der Waals surface area contributed by atoms with Crippen LogP contribution in [-0.2, 0) is 33.6 Å². The Kier molecular flexibility index (Phi) is 8.38. The lowest BCUT2D eigenvalue weighted by molar-refractivity contribution is -0.910. The van der Waals surface area contributed by atoms with E-state index in [4.69, 9.17) is 9.47 Å². The molecule has 4 atom stereocenters. The lowest BCUT2D eigenvalue weighted by Gasteiger charge is -2.37. The van der Waals surface area contributed by atoms with E-state index in [0.717, 1.165) is 31.2 Å². The number of fused-ring (bicyclic) bond motifs is 2. The molecular formula is C27H34N2O6. The highest BCUT2D eigenvalue weighted by molar-refractivity contribution is 5.75. The monoisotopic (exact) mass is 482 g/mol. The fraction of sp³-hybridized carbons (Fsp3) is 0.481. The van der Waals surface area contributed by atoms with Gasteiger partial charge in [0.1, 0.15) is 24.3 Å². The number of aliphatic carboxylic acids is 1. The Balaban J connectivity index is 1.57. The van der Waals surface area contributed by atoms with Gasteiger partial charge in [-0.05, 0) is 74.3 Å². The highest BCUT2D eigenvalue weighted by atomic mass is 16.5. The fourth-order valence-corrected chi connectivity index (χ4v) is 5.06. The average Bonchev–Trinajstić information content (AvgIpc) is 2.97. The first kappa shape index (κ1) is 25.2. The molecule has 8 nitrogen and oxygen atoms in total. The topological polar surface area (TPSA) is 112 Å². The van der Waals surface area contributed by atoms with Gasteiger partial charge in [-0.1, -0.05) is 30.3 Å². The maximum Gasteiger partial charge on any atom is 0.323 e. The SMILES string of the molecule is CCOC(=O)C(CCc1ccccc1)N[C@@H]1COc2cc3c(cc2C(CC(=O)O)[NH+]1[O-])CCCC3. The van der Waals surface area contributed by atoms with Gasteiger partial charge < -0.3 is 24.9 Å². The third-order valence-electron chi connectivity index (χ3n) is 6.86. The number of rotatable bonds is 9. The average molecular weight is 483 g/mol. The zero-order valence-corrected chi connectivity index (χ0v) is 20.1. The summed E-state index contributed by atoms with van der Waals surface area (Å²) >= 11 is 0. The molecule has 0 aromatic heterocycles. The Bertz CT molecular complexity index is 1030. The number of hydrogen-bond donors (Lipinski definition) is 3. The number of hydrogen-bond acceptors (Lipinski definition) is 6. The van der Waals surface area contributed by atoms with Gasteiger partial charge in [0, 0.05) is 0 Å². The van der Waals surface area contributed by atoms with Crippen molar-refractivity contribution in [3.8, 4) is 5.75 Å². The zero-order valence-electron chi connectivity index (χ0n) is 20.1. The second-order valence-corrected chi connectivity index (χ2v) is 9.28. The molecule has 1 heterocycles. The first-order chi connectivity index (χ1) is 17.0. The number of carboxylic acid groups (broad SMARTS) is 1. The number of nitrogens with one attached hydrogen (secondary N) is 2. The van der Waals surface area contributed by atoms with Crippen molar-refractivity contribution in [3.05, 3.63) is 69.9 Å². The van der Waals surface area contributed by atoms with Crippen molar-refractivity contribution in [2.24, 2.45) is 0 Å². The van der Waals surface area contributed by atoms with E-state index in [-0.39, 0.29) is 24.7 Å². The van der Waals surface area contributed by atoms with E-state index in [0.29, 0.717) is 24.2 Å². The van der Waals surface area contributed by atoms with Crippen LogP contribution < -0.4 is 15.1 Å². The van der Waals surface area contributed by atoms with Crippen LogP contribution in [0.1, 0.15) is 60.9 Å². The van der Waals surface area contributed by atoms with Crippen molar-refractivity contribution < 1.29 is 29.2 Å². The first-order valence-electron chi connectivity index (χ1n) is 12.5. The van der Waals surface area contributed by atoms with E-state index < -0.39 is 30.2 Å². The van der Waals surface area contributed by atoms with Gasteiger partial charge in [-0.3, -0.25) is 14.9 Å². The number of quaternary nitrogens is 1. The Morgan fingerprint density at radius 3 is 2.60 bits per heavy atom. The number of benzene rings is 2. The number of esters is 1. The van der Waals surface area contributed by atoms with Gasteiger partial charge in [-0.2, -0.15) is 0 Å². The molecule has 3 N–H and O–H groups in total. The Morgan fingerprint density at radius 1 is 1.20 bits per heavy atom. The minimum Gasteiger partial charge on any atom is -0.633 e. The van der Waals surface area contributed by atoms with Crippen LogP contribution in [0, 0.1) is 5.21 Å². The largest absolute Gasteiger partial charge is 0.633 e. The van der Waals surface area contributed by atoms with Crippen LogP contribution in [0.3, 0.4) is 0 Å². The number of hydroxylamine groups is 2. The predicted molar refractivity (Wildman–Crippen MR) is 130 cm³/mol. The van der Waals surface area contributed by atoms with Crippen molar-refractivity contribution in [3.63, 3.8) is 0 Å². The van der Waals surface area contributed by atoms with E-state index in [1.54, 1.807) is 6.92 Å². The van der Waals surface area contributed by atoms with E-state index in [1.165, 1.54) is 11.1 Å². The quantitative estimate of drug-likeness (QED) is 0.371. The molecule has 35 heavy (non-hydrogen) atoms. The lowest BCUT2D eigenvalue weighted by atomic mass is 9.88. The molecule has 8 heteroatoms. The second-order valence-electron chi connectivity index (χ2n) is 9.28. The molecule has 2 aromatic rings. The van der Waals surface area contributed by atoms with Crippen molar-refractivity contribution in [2.45, 2.75) is 70.1 Å². The molecule has 0 amide bonds. The van der Waals surface area contributed by atoms with Crippen LogP contribution in [-0.4, -0.2) is 42.5 Å². The lowest BCUT2D eigenvalue weighted by Crippen LogP contribution is -3.14. The van der Waals surface area contributed by atoms with Crippen molar-refractivity contribution >= 4 is 11.9 Å². The summed E-state index contributed by atoms with van der Waals surface area (Å²) in [6.07, 6.45) is 3.99. The number of aryl methyl sites for hydroxylation is 3. The molecule has 0 fully saturated rings. The Morgan fingerprint density at radius 2 is 1.91 bits per heavy atom. The van der Waals surface area contributed by atoms with E-state index in [9.17, 15) is 19.9 Å². The van der Waals surface area contributed by atoms with Crippen LogP contribution in [0.5, 0.6) is 5.75 Å². The molecule has 1 aliphatic carbocycles. The molecule has 3 unspecified atom stereocenters. The Hall–Kier alpha value is -2.94. The molecule has 0 spiro atoms. The maximum absolute atomic E-state index is 13.6. The van der Waals surface area contributed by atoms with Gasteiger partial charge in [0.05, 0.1) is 12.2 Å². The van der Waals surface area contributed by atoms with Gasteiger partial charge in [0.2, 0.25) is 0 Å². The summed E-state index contributed by atoms with van der Waals surface area (Å²) in [6.45, 7) is 2.01. The summed E-state index contributed by atoms with van der Waals surface area (Å²) in [4.78, 5) is 24.5. The number of carboxylic acids is 1. The highest BCUT2D eigenvalue weighted by Crippen LogP contribution is 2.34. The molecule has 0 saturated heterocycles. The molecule has 0 saturated carbocycles. The first-order valence-corrected chi connectivity index (χ1v) is 12.5. The van der Waals surface area contributed by atoms with Crippen molar-refractivity contribution in [2.75, 3.05) is 13.2 Å². The number of ether oxygens (including phenoxy) is 2. The maximum atomic E-state index is 13.6. The van der Waals surface area contributed by atoms with Gasteiger partial charge in [0.15, 0.2) is 12.8 Å². The normalized spacial score (nSPS) is 22.2. The van der Waals surface area contributed by atoms with Crippen LogP contribution in [0.2, 0.25) is 0 Å². The molecule has 4 rings (SSSR count). The summed E-state index contributed by atoms with van der Waals surface area (Å²) in [6, 6.07) is 12.2. The zero-order chi connectivity index (χ0) is 24.8. The van der Waals surface area contributed by atoms with E-state index in [1.807, 2.05) is 42.5 Å². The summed E-state index contributed by atoms with van der Waals surface area (Å²) in [5, 5.41) is 26.1. The van der Waals surface area contributed by atoms with Crippen LogP contribution in [0.25, 0.3) is 0 Å². The molecular weight excluding hydrogens is 448 g/mol. The van der Waals surface area contributed by atoms with Crippen LogP contribution >= 0.6 is 0 Å². The molecule has 2 aromatic carbocycles. The summed E-state index contributed by atoms with van der Waals surface area (Å²) in [5.74, 6) is -0.895. The third-order valence-corrected chi connectivity index (χ3v) is 6.86. The molecule has 2 aliphatic rings. The fourth-order valence-electron chi connectivity index (χ4n) is 5.06. The van der Waals surface area contributed by atoms with Crippen molar-refractivity contribution in [1.82, 2.24) is 5.32 Å². The summed E-state index contributed by atoms with van der Waals surface area (Å²) in [7, 11) is 0. The highest BCUT2D eigenvalue weighted by Gasteiger charge is 2.37. The minimum absolute atomic E-state index is 0.0297.